The predicted molar refractivity (Wildman–Crippen MR) is 81.3 cm³/mol. The molecule has 0 spiro atoms. The number of carbonyl (C=O) groups is 1. The van der Waals surface area contributed by atoms with Crippen LogP contribution in [0.15, 0.2) is 23.1 Å². The summed E-state index contributed by atoms with van der Waals surface area (Å²) in [7, 11) is 0. The molecular formula is C15H19N3OS. The Labute approximate surface area is 123 Å². The number of nitrogen functional groups attached to an aromatic ring is 1. The van der Waals surface area contributed by atoms with Crippen molar-refractivity contribution >= 4 is 23.4 Å². The first-order chi connectivity index (χ1) is 9.54. The highest BCUT2D eigenvalue weighted by molar-refractivity contribution is 8.00. The molecule has 0 aliphatic heterocycles. The highest BCUT2D eigenvalue weighted by Crippen LogP contribution is 2.30. The van der Waals surface area contributed by atoms with Crippen molar-refractivity contribution in [2.24, 2.45) is 0 Å². The van der Waals surface area contributed by atoms with Gasteiger partial charge in [0.15, 0.2) is 0 Å². The summed E-state index contributed by atoms with van der Waals surface area (Å²) in [6, 6.07) is 8.03. The summed E-state index contributed by atoms with van der Waals surface area (Å²) in [5.74, 6) is 0.191. The lowest BCUT2D eigenvalue weighted by molar-refractivity contribution is -0.119. The van der Waals surface area contributed by atoms with Crippen molar-refractivity contribution in [3.05, 3.63) is 23.8 Å². The van der Waals surface area contributed by atoms with Crippen molar-refractivity contribution in [2.75, 3.05) is 11.5 Å². The van der Waals surface area contributed by atoms with E-state index in [9.17, 15) is 10.1 Å². The summed E-state index contributed by atoms with van der Waals surface area (Å²) >= 11 is 1.42. The number of nitrogens with two attached hydrogens (primary N) is 1. The average molecular weight is 289 g/mol. The molecule has 106 valence electrons. The number of nitrogens with zero attached hydrogens (tertiary/aromatic N) is 1. The highest BCUT2D eigenvalue weighted by Gasteiger charge is 2.35. The molecule has 4 nitrogen and oxygen atoms in total. The minimum Gasteiger partial charge on any atom is -0.398 e. The molecule has 0 saturated heterocycles. The molecule has 1 aliphatic carbocycles. The number of anilines is 1. The molecule has 0 aromatic heterocycles. The van der Waals surface area contributed by atoms with Gasteiger partial charge in [-0.2, -0.15) is 5.26 Å². The largest absolute Gasteiger partial charge is 0.398 e. The Hall–Kier alpha value is -1.67. The third-order valence-electron chi connectivity index (χ3n) is 3.58. The minimum absolute atomic E-state index is 0.0978. The van der Waals surface area contributed by atoms with Crippen LogP contribution >= 0.6 is 11.8 Å². The van der Waals surface area contributed by atoms with Crippen LogP contribution in [0.5, 0.6) is 0 Å². The van der Waals surface area contributed by atoms with Crippen LogP contribution < -0.4 is 11.1 Å². The zero-order valence-electron chi connectivity index (χ0n) is 11.6. The average Bonchev–Trinajstić information content (AvgIpc) is 2.89. The second-order valence-corrected chi connectivity index (χ2v) is 6.30. The van der Waals surface area contributed by atoms with Gasteiger partial charge in [-0.3, -0.25) is 4.79 Å². The van der Waals surface area contributed by atoms with Crippen LogP contribution in [-0.2, 0) is 4.79 Å². The molecule has 0 radical (unpaired) electrons. The van der Waals surface area contributed by atoms with Crippen LogP contribution in [0, 0.1) is 18.3 Å². The van der Waals surface area contributed by atoms with Gasteiger partial charge < -0.3 is 11.1 Å². The van der Waals surface area contributed by atoms with Crippen molar-refractivity contribution < 1.29 is 4.79 Å². The fourth-order valence-corrected chi connectivity index (χ4v) is 3.32. The summed E-state index contributed by atoms with van der Waals surface area (Å²) in [5, 5.41) is 12.1. The lowest BCUT2D eigenvalue weighted by atomic mass is 10.0. The molecule has 1 aromatic rings. The lowest BCUT2D eigenvalue weighted by Gasteiger charge is -2.21. The van der Waals surface area contributed by atoms with Gasteiger partial charge in [-0.25, -0.2) is 0 Å². The molecule has 2 rings (SSSR count). The predicted octanol–water partition coefficient (Wildman–Crippen LogP) is 2.62. The second kappa shape index (κ2) is 6.19. The summed E-state index contributed by atoms with van der Waals surface area (Å²) in [6.45, 7) is 1.99. The first-order valence-electron chi connectivity index (χ1n) is 6.76. The number of benzene rings is 1. The van der Waals surface area contributed by atoms with Gasteiger partial charge >= 0.3 is 0 Å². The Morgan fingerprint density at radius 3 is 2.85 bits per heavy atom. The number of hydrogen-bond donors (Lipinski definition) is 2. The van der Waals surface area contributed by atoms with Gasteiger partial charge in [-0.15, -0.1) is 11.8 Å². The molecule has 5 heteroatoms. The third kappa shape index (κ3) is 3.45. The molecule has 0 unspecified atom stereocenters. The molecule has 0 bridgehead atoms. The number of nitriles is 1. The maximum Gasteiger partial charge on any atom is 0.231 e. The molecule has 3 N–H and O–H groups in total. The fourth-order valence-electron chi connectivity index (χ4n) is 2.46. The first kappa shape index (κ1) is 14.7. The van der Waals surface area contributed by atoms with Gasteiger partial charge in [0.2, 0.25) is 5.91 Å². The highest BCUT2D eigenvalue weighted by atomic mass is 32.2. The number of aryl methyl sites for hydroxylation is 1. The number of rotatable bonds is 4. The van der Waals surface area contributed by atoms with E-state index in [1.165, 1.54) is 11.8 Å². The number of nitrogens with one attached hydrogen (secondary N) is 1. The van der Waals surface area contributed by atoms with Gasteiger partial charge in [-0.05, 0) is 50.3 Å². The maximum absolute atomic E-state index is 12.0. The molecule has 20 heavy (non-hydrogen) atoms. The number of thioether (sulfide) groups is 1. The van der Waals surface area contributed by atoms with Crippen LogP contribution in [0.2, 0.25) is 0 Å². The van der Waals surface area contributed by atoms with Gasteiger partial charge in [0.05, 0.1) is 11.8 Å². The van der Waals surface area contributed by atoms with Gasteiger partial charge in [0.1, 0.15) is 5.54 Å². The van der Waals surface area contributed by atoms with Gasteiger partial charge in [0, 0.05) is 10.6 Å². The van der Waals surface area contributed by atoms with E-state index in [0.717, 1.165) is 36.1 Å². The minimum atomic E-state index is -0.643. The van der Waals surface area contributed by atoms with Crippen molar-refractivity contribution in [1.82, 2.24) is 5.32 Å². The van der Waals surface area contributed by atoms with E-state index in [1.54, 1.807) is 0 Å². The number of carbonyl (C=O) groups excluding carboxylic acids is 1. The first-order valence-corrected chi connectivity index (χ1v) is 7.74. The molecular weight excluding hydrogens is 270 g/mol. The SMILES string of the molecule is Cc1ccc(N)c(SCC(=O)NC2(C#N)CCCC2)c1. The summed E-state index contributed by atoms with van der Waals surface area (Å²) in [6.07, 6.45) is 3.52. The summed E-state index contributed by atoms with van der Waals surface area (Å²) in [5.41, 5.74) is 7.05. The van der Waals surface area contributed by atoms with Gasteiger partial charge in [0.25, 0.3) is 0 Å². The summed E-state index contributed by atoms with van der Waals surface area (Å²) in [4.78, 5) is 12.9. The Morgan fingerprint density at radius 2 is 2.20 bits per heavy atom. The van der Waals surface area contributed by atoms with E-state index in [0.29, 0.717) is 5.69 Å². The topological polar surface area (TPSA) is 78.9 Å². The molecule has 0 heterocycles. The number of hydrogen-bond acceptors (Lipinski definition) is 4. The molecule has 1 aliphatic rings. The van der Waals surface area contributed by atoms with Crippen molar-refractivity contribution in [3.63, 3.8) is 0 Å². The molecule has 1 aromatic carbocycles. The monoisotopic (exact) mass is 289 g/mol. The normalized spacial score (nSPS) is 16.6. The van der Waals surface area contributed by atoms with E-state index < -0.39 is 5.54 Å². The second-order valence-electron chi connectivity index (χ2n) is 5.28. The molecule has 1 amide bonds. The number of amides is 1. The summed E-state index contributed by atoms with van der Waals surface area (Å²) < 4.78 is 0. The molecule has 1 fully saturated rings. The van der Waals surface area contributed by atoms with E-state index in [4.69, 9.17) is 5.73 Å². The lowest BCUT2D eigenvalue weighted by Crippen LogP contribution is -2.45. The van der Waals surface area contributed by atoms with E-state index in [2.05, 4.69) is 11.4 Å². The van der Waals surface area contributed by atoms with Crippen LogP contribution in [0.3, 0.4) is 0 Å². The molecule has 1 saturated carbocycles. The smallest absolute Gasteiger partial charge is 0.231 e. The van der Waals surface area contributed by atoms with Crippen molar-refractivity contribution in [1.29, 1.82) is 5.26 Å². The Kier molecular flexibility index (Phi) is 4.56. The van der Waals surface area contributed by atoms with Gasteiger partial charge in [-0.1, -0.05) is 6.07 Å². The van der Waals surface area contributed by atoms with Crippen LogP contribution in [0.25, 0.3) is 0 Å². The van der Waals surface area contributed by atoms with E-state index in [-0.39, 0.29) is 11.7 Å². The standard InChI is InChI=1S/C15H19N3OS/c1-11-4-5-12(17)13(8-11)20-9-14(19)18-15(10-16)6-2-3-7-15/h4-5,8H,2-3,6-7,9,17H2,1H3,(H,18,19). The Balaban J connectivity index is 1.92. The van der Waals surface area contributed by atoms with Crippen LogP contribution in [0.1, 0.15) is 31.2 Å². The zero-order chi connectivity index (χ0) is 14.6. The fraction of sp³-hybridized carbons (Fsp3) is 0.467. The zero-order valence-corrected chi connectivity index (χ0v) is 12.4. The van der Waals surface area contributed by atoms with Crippen molar-refractivity contribution in [2.45, 2.75) is 43.0 Å². The van der Waals surface area contributed by atoms with E-state index in [1.807, 2.05) is 25.1 Å². The van der Waals surface area contributed by atoms with Crippen LogP contribution in [-0.4, -0.2) is 17.2 Å². The third-order valence-corrected chi connectivity index (χ3v) is 4.65. The van der Waals surface area contributed by atoms with E-state index >= 15 is 0 Å². The van der Waals surface area contributed by atoms with Crippen molar-refractivity contribution in [3.8, 4) is 6.07 Å². The van der Waals surface area contributed by atoms with Crippen LogP contribution in [0.4, 0.5) is 5.69 Å². The Bertz CT molecular complexity index is 545. The Morgan fingerprint density at radius 1 is 1.50 bits per heavy atom. The maximum atomic E-state index is 12.0. The molecule has 0 atom stereocenters. The quantitative estimate of drug-likeness (QED) is 0.659.